The molecular weight excluding hydrogens is 434 g/mol. The van der Waals surface area contributed by atoms with Gasteiger partial charge in [-0.1, -0.05) is 31.1 Å². The molecule has 34 heavy (non-hydrogen) atoms. The van der Waals surface area contributed by atoms with Crippen LogP contribution in [0.4, 0.5) is 8.78 Å². The van der Waals surface area contributed by atoms with E-state index in [9.17, 15) is 13.6 Å². The summed E-state index contributed by atoms with van der Waals surface area (Å²) in [6.07, 6.45) is 17.1. The Morgan fingerprint density at radius 2 is 1.71 bits per heavy atom. The zero-order valence-electron chi connectivity index (χ0n) is 20.3. The van der Waals surface area contributed by atoms with E-state index in [0.29, 0.717) is 17.8 Å². The van der Waals surface area contributed by atoms with Crippen molar-refractivity contribution in [3.8, 4) is 11.5 Å². The van der Waals surface area contributed by atoms with Crippen LogP contribution in [0, 0.1) is 47.1 Å². The molecule has 186 valence electrons. The minimum absolute atomic E-state index is 0.0747. The highest BCUT2D eigenvalue weighted by atomic mass is 19.1. The molecule has 0 saturated heterocycles. The molecule has 0 aromatic heterocycles. The van der Waals surface area contributed by atoms with Crippen LogP contribution in [0.3, 0.4) is 0 Å². The number of rotatable bonds is 7. The lowest BCUT2D eigenvalue weighted by atomic mass is 9.59. The molecule has 1 aromatic carbocycles. The molecule has 5 heteroatoms. The van der Waals surface area contributed by atoms with Crippen LogP contribution in [0.15, 0.2) is 36.9 Å². The predicted molar refractivity (Wildman–Crippen MR) is 130 cm³/mol. The van der Waals surface area contributed by atoms with E-state index in [1.807, 2.05) is 0 Å². The fourth-order valence-electron chi connectivity index (χ4n) is 6.73. The molecule has 0 N–H and O–H groups in total. The summed E-state index contributed by atoms with van der Waals surface area (Å²) < 4.78 is 39.4. The molecule has 0 aliphatic heterocycles. The number of ether oxygens (including phenoxy) is 2. The molecule has 0 spiro atoms. The van der Waals surface area contributed by atoms with Crippen molar-refractivity contribution in [2.45, 2.75) is 71.1 Å². The van der Waals surface area contributed by atoms with Gasteiger partial charge in [0.05, 0.1) is 5.92 Å². The number of fused-ring (bicyclic) bond motifs is 1. The highest BCUT2D eigenvalue weighted by Gasteiger charge is 2.43. The molecular formula is C29H38F2O3. The van der Waals surface area contributed by atoms with E-state index < -0.39 is 17.4 Å². The van der Waals surface area contributed by atoms with E-state index >= 15 is 0 Å². The van der Waals surface area contributed by atoms with Crippen LogP contribution in [-0.2, 0) is 4.79 Å². The first-order valence-electron chi connectivity index (χ1n) is 13.1. The maximum Gasteiger partial charge on any atom is 0.314 e. The fraction of sp³-hybridized carbons (Fsp3) is 0.621. The van der Waals surface area contributed by atoms with Crippen molar-refractivity contribution in [1.82, 2.24) is 0 Å². The van der Waals surface area contributed by atoms with Crippen molar-refractivity contribution in [2.75, 3.05) is 6.61 Å². The van der Waals surface area contributed by atoms with Gasteiger partial charge in [-0.15, -0.1) is 6.58 Å². The Morgan fingerprint density at radius 3 is 2.38 bits per heavy atom. The van der Waals surface area contributed by atoms with Crippen molar-refractivity contribution in [2.24, 2.45) is 35.5 Å². The van der Waals surface area contributed by atoms with Gasteiger partial charge in [0.15, 0.2) is 17.4 Å². The molecule has 0 bridgehead atoms. The van der Waals surface area contributed by atoms with Crippen molar-refractivity contribution in [3.05, 3.63) is 48.6 Å². The zero-order valence-corrected chi connectivity index (χ0v) is 20.3. The summed E-state index contributed by atoms with van der Waals surface area (Å²) in [4.78, 5) is 13.1. The van der Waals surface area contributed by atoms with Crippen LogP contribution in [0.25, 0.3) is 0 Å². The molecule has 0 radical (unpaired) electrons. The summed E-state index contributed by atoms with van der Waals surface area (Å²) in [6, 6.07) is 2.09. The summed E-state index contributed by atoms with van der Waals surface area (Å²) >= 11 is 0. The summed E-state index contributed by atoms with van der Waals surface area (Å²) in [7, 11) is 0. The first-order chi connectivity index (χ1) is 16.5. The van der Waals surface area contributed by atoms with Crippen molar-refractivity contribution in [1.29, 1.82) is 0 Å². The molecule has 3 fully saturated rings. The summed E-state index contributed by atoms with van der Waals surface area (Å²) in [6.45, 7) is 5.84. The van der Waals surface area contributed by atoms with E-state index in [0.717, 1.165) is 43.2 Å². The molecule has 3 saturated carbocycles. The first kappa shape index (κ1) is 24.9. The largest absolute Gasteiger partial charge is 0.483 e. The zero-order chi connectivity index (χ0) is 24.1. The van der Waals surface area contributed by atoms with Gasteiger partial charge in [-0.25, -0.2) is 8.78 Å². The lowest BCUT2D eigenvalue weighted by molar-refractivity contribution is -0.144. The molecule has 1 aromatic rings. The number of allylic oxidation sites excluding steroid dienone is 2. The molecule has 4 rings (SSSR count). The van der Waals surface area contributed by atoms with Crippen LogP contribution in [0.1, 0.15) is 71.1 Å². The summed E-state index contributed by atoms with van der Waals surface area (Å²) in [5.74, 6) is 0.339. The van der Waals surface area contributed by atoms with Gasteiger partial charge in [-0.2, -0.15) is 0 Å². The van der Waals surface area contributed by atoms with E-state index in [1.165, 1.54) is 44.9 Å². The Hall–Kier alpha value is -2.17. The quantitative estimate of drug-likeness (QED) is 0.232. The Balaban J connectivity index is 1.36. The van der Waals surface area contributed by atoms with Gasteiger partial charge in [-0.05, 0) is 87.9 Å². The minimum atomic E-state index is -0.861. The van der Waals surface area contributed by atoms with E-state index in [2.05, 4.69) is 12.7 Å². The normalized spacial score (nSPS) is 31.6. The minimum Gasteiger partial charge on any atom is -0.483 e. The Labute approximate surface area is 202 Å². The summed E-state index contributed by atoms with van der Waals surface area (Å²) in [5.41, 5.74) is 0. The van der Waals surface area contributed by atoms with Gasteiger partial charge in [-0.3, -0.25) is 4.79 Å². The van der Waals surface area contributed by atoms with Crippen molar-refractivity contribution in [3.63, 3.8) is 0 Å². The average molecular weight is 473 g/mol. The van der Waals surface area contributed by atoms with Crippen LogP contribution in [0.2, 0.25) is 0 Å². The predicted octanol–water partition coefficient (Wildman–Crippen LogP) is 7.65. The number of hydrogen-bond donors (Lipinski definition) is 0. The Morgan fingerprint density at radius 1 is 1.00 bits per heavy atom. The van der Waals surface area contributed by atoms with Gasteiger partial charge in [0, 0.05) is 12.1 Å². The van der Waals surface area contributed by atoms with E-state index in [1.54, 1.807) is 19.1 Å². The third-order valence-corrected chi connectivity index (χ3v) is 8.56. The maximum absolute atomic E-state index is 14.4. The van der Waals surface area contributed by atoms with Crippen LogP contribution in [-0.4, -0.2) is 12.6 Å². The molecule has 0 heterocycles. The van der Waals surface area contributed by atoms with Gasteiger partial charge in [0.2, 0.25) is 0 Å². The second-order valence-electron chi connectivity index (χ2n) is 10.5. The molecule has 4 unspecified atom stereocenters. The second kappa shape index (κ2) is 11.5. The summed E-state index contributed by atoms with van der Waals surface area (Å²) in [5, 5.41) is 0. The molecule has 0 amide bonds. The van der Waals surface area contributed by atoms with Gasteiger partial charge >= 0.3 is 5.97 Å². The Kier molecular flexibility index (Phi) is 8.44. The maximum atomic E-state index is 14.4. The molecule has 3 nitrogen and oxygen atoms in total. The number of hydrogen-bond acceptors (Lipinski definition) is 3. The SMILES string of the molecule is C=CC1CCC(C2CCC3C(CCCC3C(=O)Oc3cc(F)c(OC/C=C/C)c(F)c3)C2)CC1. The second-order valence-corrected chi connectivity index (χ2v) is 10.5. The van der Waals surface area contributed by atoms with Crippen LogP contribution in [0.5, 0.6) is 11.5 Å². The number of esters is 1. The molecule has 3 aliphatic rings. The standard InChI is InChI=1S/C29H38F2O3/c1-3-5-15-33-28-26(30)17-23(18-27(28)31)34-29(32)25-8-6-7-22-16-21(13-14-24(22)25)20-11-9-19(4-2)10-12-20/h3-5,17-22,24-25H,2,6-16H2,1H3/b5-3+. The van der Waals surface area contributed by atoms with Gasteiger partial charge < -0.3 is 9.47 Å². The van der Waals surface area contributed by atoms with Gasteiger partial charge in [0.1, 0.15) is 12.4 Å². The van der Waals surface area contributed by atoms with E-state index in [4.69, 9.17) is 9.47 Å². The fourth-order valence-corrected chi connectivity index (χ4v) is 6.73. The van der Waals surface area contributed by atoms with Crippen LogP contribution < -0.4 is 9.47 Å². The van der Waals surface area contributed by atoms with Crippen molar-refractivity contribution < 1.29 is 23.0 Å². The topological polar surface area (TPSA) is 35.5 Å². The van der Waals surface area contributed by atoms with E-state index in [-0.39, 0.29) is 24.2 Å². The monoisotopic (exact) mass is 472 g/mol. The average Bonchev–Trinajstić information content (AvgIpc) is 2.85. The smallest absolute Gasteiger partial charge is 0.314 e. The lowest BCUT2D eigenvalue weighted by Crippen LogP contribution is -2.40. The number of benzene rings is 1. The lowest BCUT2D eigenvalue weighted by Gasteiger charge is -2.45. The van der Waals surface area contributed by atoms with Crippen molar-refractivity contribution >= 4 is 5.97 Å². The highest BCUT2D eigenvalue weighted by molar-refractivity contribution is 5.75. The molecule has 4 atom stereocenters. The highest BCUT2D eigenvalue weighted by Crippen LogP contribution is 2.50. The third kappa shape index (κ3) is 5.72. The number of carbonyl (C=O) groups is 1. The number of carbonyl (C=O) groups excluding carboxylic acids is 1. The first-order valence-corrected chi connectivity index (χ1v) is 13.1. The molecule has 3 aliphatic carbocycles. The Bertz CT molecular complexity index is 864. The number of halogens is 2. The van der Waals surface area contributed by atoms with Crippen LogP contribution >= 0.6 is 0 Å². The third-order valence-electron chi connectivity index (χ3n) is 8.56. The van der Waals surface area contributed by atoms with Gasteiger partial charge in [0.25, 0.3) is 0 Å².